The van der Waals surface area contributed by atoms with Gasteiger partial charge in [0, 0.05) is 12.1 Å². The van der Waals surface area contributed by atoms with Gasteiger partial charge in [-0.15, -0.1) is 0 Å². The fourth-order valence-corrected chi connectivity index (χ4v) is 3.51. The molecule has 164 valence electrons. The van der Waals surface area contributed by atoms with E-state index < -0.39 is 0 Å². The Bertz CT molecular complexity index is 1020. The van der Waals surface area contributed by atoms with Gasteiger partial charge in [-0.3, -0.25) is 4.79 Å². The second-order valence-electron chi connectivity index (χ2n) is 8.07. The molecule has 1 amide bonds. The van der Waals surface area contributed by atoms with Crippen LogP contribution in [0.25, 0.3) is 11.0 Å². The van der Waals surface area contributed by atoms with Crippen LogP contribution < -0.4 is 10.1 Å². The van der Waals surface area contributed by atoms with Crippen LogP contribution in [0.5, 0.6) is 5.75 Å². The van der Waals surface area contributed by atoms with Crippen molar-refractivity contribution in [2.75, 3.05) is 6.61 Å². The second-order valence-corrected chi connectivity index (χ2v) is 8.07. The minimum atomic E-state index is -0.147. The molecule has 0 saturated heterocycles. The van der Waals surface area contributed by atoms with E-state index in [2.05, 4.69) is 60.6 Å². The molecular weight excluding hydrogens is 386 g/mol. The van der Waals surface area contributed by atoms with Gasteiger partial charge >= 0.3 is 0 Å². The molecule has 1 heterocycles. The summed E-state index contributed by atoms with van der Waals surface area (Å²) in [6, 6.07) is 16.5. The van der Waals surface area contributed by atoms with E-state index in [0.717, 1.165) is 48.4 Å². The van der Waals surface area contributed by atoms with E-state index in [0.29, 0.717) is 24.6 Å². The monoisotopic (exact) mass is 419 g/mol. The van der Waals surface area contributed by atoms with Crippen LogP contribution >= 0.6 is 0 Å². The van der Waals surface area contributed by atoms with Crippen LogP contribution in [0.4, 0.5) is 0 Å². The lowest BCUT2D eigenvalue weighted by Gasteiger charge is -2.12. The number of nitrogens with one attached hydrogen (secondary N) is 1. The molecule has 3 rings (SSSR count). The van der Waals surface area contributed by atoms with Crippen molar-refractivity contribution in [3.8, 4) is 5.75 Å². The van der Waals surface area contributed by atoms with Gasteiger partial charge in [0.25, 0.3) is 0 Å². The van der Waals surface area contributed by atoms with Crippen molar-refractivity contribution in [1.29, 1.82) is 0 Å². The van der Waals surface area contributed by atoms with Gasteiger partial charge in [-0.2, -0.15) is 0 Å². The number of aromatic nitrogens is 2. The number of benzene rings is 2. The maximum absolute atomic E-state index is 11.9. The van der Waals surface area contributed by atoms with Crippen molar-refractivity contribution in [2.45, 2.75) is 59.0 Å². The normalized spacial score (nSPS) is 12.0. The van der Waals surface area contributed by atoms with Crippen molar-refractivity contribution in [2.24, 2.45) is 0 Å². The number of unbranched alkanes of at least 4 members (excludes halogenated alkanes) is 1. The summed E-state index contributed by atoms with van der Waals surface area (Å²) in [6.07, 6.45) is 3.05. The third-order valence-electron chi connectivity index (χ3n) is 5.63. The van der Waals surface area contributed by atoms with Crippen molar-refractivity contribution in [3.05, 3.63) is 72.1 Å². The Balaban J connectivity index is 1.54. The van der Waals surface area contributed by atoms with Crippen LogP contribution in [0, 0.1) is 0 Å². The molecule has 0 radical (unpaired) electrons. The summed E-state index contributed by atoms with van der Waals surface area (Å²) in [5, 5.41) is 2.89. The van der Waals surface area contributed by atoms with E-state index >= 15 is 0 Å². The minimum Gasteiger partial charge on any atom is -0.494 e. The predicted molar refractivity (Wildman–Crippen MR) is 126 cm³/mol. The summed E-state index contributed by atoms with van der Waals surface area (Å²) in [5.41, 5.74) is 3.88. The van der Waals surface area contributed by atoms with Gasteiger partial charge in [-0.25, -0.2) is 4.98 Å². The number of carbonyl (C=O) groups excluding carboxylic acids is 1. The lowest BCUT2D eigenvalue weighted by Crippen LogP contribution is -2.25. The molecule has 0 aliphatic rings. The molecule has 1 atom stereocenters. The number of rotatable bonds is 11. The van der Waals surface area contributed by atoms with Crippen molar-refractivity contribution in [3.63, 3.8) is 0 Å². The summed E-state index contributed by atoms with van der Waals surface area (Å²) in [5.74, 6) is 2.21. The topological polar surface area (TPSA) is 56.2 Å². The molecule has 0 aliphatic heterocycles. The first-order chi connectivity index (χ1) is 15.0. The minimum absolute atomic E-state index is 0.147. The number of hydrogen-bond acceptors (Lipinski definition) is 3. The fourth-order valence-electron chi connectivity index (χ4n) is 3.51. The number of nitrogens with zero attached hydrogens (tertiary/aromatic N) is 2. The zero-order chi connectivity index (χ0) is 22.2. The Kier molecular flexibility index (Phi) is 7.88. The van der Waals surface area contributed by atoms with Crippen LogP contribution in [0.1, 0.15) is 57.3 Å². The third kappa shape index (κ3) is 5.97. The summed E-state index contributed by atoms with van der Waals surface area (Å²) >= 11 is 0. The molecule has 2 aromatic carbocycles. The maximum Gasteiger partial charge on any atom is 0.246 e. The first-order valence-electron chi connectivity index (χ1n) is 11.1. The lowest BCUT2D eigenvalue weighted by molar-refractivity contribution is -0.117. The third-order valence-corrected chi connectivity index (χ3v) is 5.63. The highest BCUT2D eigenvalue weighted by molar-refractivity contribution is 5.92. The average molecular weight is 420 g/mol. The van der Waals surface area contributed by atoms with Gasteiger partial charge in [-0.05, 0) is 61.9 Å². The van der Waals surface area contributed by atoms with E-state index in [1.165, 1.54) is 5.56 Å². The lowest BCUT2D eigenvalue weighted by atomic mass is 9.99. The summed E-state index contributed by atoms with van der Waals surface area (Å²) in [7, 11) is 0. The molecule has 1 unspecified atom stereocenters. The molecule has 1 N–H and O–H groups in total. The first-order valence-corrected chi connectivity index (χ1v) is 11.1. The molecule has 0 fully saturated rings. The number of para-hydroxylation sites is 2. The molecule has 5 nitrogen and oxygen atoms in total. The molecule has 31 heavy (non-hydrogen) atoms. The molecule has 1 aromatic heterocycles. The molecule has 0 spiro atoms. The number of fused-ring (bicyclic) bond motifs is 1. The number of amides is 1. The van der Waals surface area contributed by atoms with Crippen molar-refractivity contribution < 1.29 is 9.53 Å². The van der Waals surface area contributed by atoms with Crippen LogP contribution in [0.3, 0.4) is 0 Å². The van der Waals surface area contributed by atoms with Crippen molar-refractivity contribution >= 4 is 16.9 Å². The SMILES string of the molecule is C=C(C)C(=O)NCc1nc2ccccc2n1CCCCOc1ccc(C(C)CC)cc1. The Hall–Kier alpha value is -3.08. The van der Waals surface area contributed by atoms with E-state index in [9.17, 15) is 4.79 Å². The number of carbonyl (C=O) groups is 1. The highest BCUT2D eigenvalue weighted by atomic mass is 16.5. The Morgan fingerprint density at radius 2 is 1.90 bits per heavy atom. The van der Waals surface area contributed by atoms with E-state index in [1.54, 1.807) is 6.92 Å². The van der Waals surface area contributed by atoms with Gasteiger partial charge in [0.15, 0.2) is 0 Å². The van der Waals surface area contributed by atoms with Gasteiger partial charge in [-0.1, -0.05) is 44.7 Å². The Labute approximate surface area is 185 Å². The van der Waals surface area contributed by atoms with Crippen LogP contribution in [-0.2, 0) is 17.9 Å². The Morgan fingerprint density at radius 1 is 1.16 bits per heavy atom. The quantitative estimate of drug-likeness (QED) is 0.325. The van der Waals surface area contributed by atoms with Gasteiger partial charge < -0.3 is 14.6 Å². The summed E-state index contributed by atoms with van der Waals surface area (Å²) in [4.78, 5) is 16.6. The predicted octanol–water partition coefficient (Wildman–Crippen LogP) is 5.60. The molecule has 5 heteroatoms. The molecule has 3 aromatic rings. The molecular formula is C26H33N3O2. The van der Waals surface area contributed by atoms with Crippen LogP contribution in [0.2, 0.25) is 0 Å². The maximum atomic E-state index is 11.9. The fraction of sp³-hybridized carbons (Fsp3) is 0.385. The highest BCUT2D eigenvalue weighted by Crippen LogP contribution is 2.22. The van der Waals surface area contributed by atoms with Gasteiger partial charge in [0.2, 0.25) is 5.91 Å². The standard InChI is InChI=1S/C26H33N3O2/c1-5-20(4)21-12-14-22(15-13-21)31-17-9-8-16-29-24-11-7-6-10-23(24)28-25(29)18-27-26(30)19(2)3/h6-7,10-15,20H,2,5,8-9,16-18H2,1,3-4H3,(H,27,30). The highest BCUT2D eigenvalue weighted by Gasteiger charge is 2.11. The average Bonchev–Trinajstić information content (AvgIpc) is 3.14. The van der Waals surface area contributed by atoms with Gasteiger partial charge in [0.05, 0.1) is 24.2 Å². The van der Waals surface area contributed by atoms with E-state index in [4.69, 9.17) is 9.72 Å². The number of aryl methyl sites for hydroxylation is 1. The second kappa shape index (κ2) is 10.8. The van der Waals surface area contributed by atoms with Crippen LogP contribution in [-0.4, -0.2) is 22.1 Å². The molecule has 0 saturated carbocycles. The molecule has 0 aliphatic carbocycles. The number of hydrogen-bond donors (Lipinski definition) is 1. The number of imidazole rings is 1. The largest absolute Gasteiger partial charge is 0.494 e. The van der Waals surface area contributed by atoms with E-state index in [-0.39, 0.29) is 5.91 Å². The smallest absolute Gasteiger partial charge is 0.246 e. The van der Waals surface area contributed by atoms with Crippen molar-refractivity contribution in [1.82, 2.24) is 14.9 Å². The zero-order valence-electron chi connectivity index (χ0n) is 18.9. The molecule has 0 bridgehead atoms. The first kappa shape index (κ1) is 22.6. The van der Waals surface area contributed by atoms with E-state index in [1.807, 2.05) is 18.2 Å². The summed E-state index contributed by atoms with van der Waals surface area (Å²) < 4.78 is 8.11. The Morgan fingerprint density at radius 3 is 2.61 bits per heavy atom. The zero-order valence-corrected chi connectivity index (χ0v) is 18.9. The summed E-state index contributed by atoms with van der Waals surface area (Å²) in [6.45, 7) is 11.7. The number of ether oxygens (including phenoxy) is 1. The van der Waals surface area contributed by atoms with Crippen LogP contribution in [0.15, 0.2) is 60.7 Å². The van der Waals surface area contributed by atoms with Gasteiger partial charge in [0.1, 0.15) is 11.6 Å².